The Kier molecular flexibility index (Phi) is 3.62. The van der Waals surface area contributed by atoms with Crippen LogP contribution in [0.15, 0.2) is 24.3 Å². The van der Waals surface area contributed by atoms with Crippen LogP contribution in [0.3, 0.4) is 0 Å². The number of aliphatic hydroxyl groups excluding tert-OH is 1. The Labute approximate surface area is 108 Å². The van der Waals surface area contributed by atoms with Gasteiger partial charge in [-0.15, -0.1) is 0 Å². The van der Waals surface area contributed by atoms with Gasteiger partial charge in [0.25, 0.3) is 0 Å². The van der Waals surface area contributed by atoms with Gasteiger partial charge in [-0.3, -0.25) is 0 Å². The van der Waals surface area contributed by atoms with E-state index in [2.05, 4.69) is 19.2 Å². The topological polar surface area (TPSA) is 32.3 Å². The molecule has 0 aliphatic heterocycles. The second kappa shape index (κ2) is 4.88. The van der Waals surface area contributed by atoms with E-state index in [4.69, 9.17) is 0 Å². The lowest BCUT2D eigenvalue weighted by Crippen LogP contribution is -2.47. The molecule has 3 heteroatoms. The summed E-state index contributed by atoms with van der Waals surface area (Å²) in [4.78, 5) is 0. The molecule has 0 heterocycles. The quantitative estimate of drug-likeness (QED) is 0.860. The van der Waals surface area contributed by atoms with Crippen molar-refractivity contribution in [1.82, 2.24) is 0 Å². The zero-order valence-electron chi connectivity index (χ0n) is 11.2. The van der Waals surface area contributed by atoms with E-state index in [-0.39, 0.29) is 18.0 Å². The zero-order valence-corrected chi connectivity index (χ0v) is 11.2. The zero-order chi connectivity index (χ0) is 13.2. The normalized spacial score (nSPS) is 21.6. The summed E-state index contributed by atoms with van der Waals surface area (Å²) in [6, 6.07) is 6.66. The molecule has 0 bridgehead atoms. The maximum Gasteiger partial charge on any atom is 0.146 e. The van der Waals surface area contributed by atoms with Gasteiger partial charge in [0.2, 0.25) is 0 Å². The predicted molar refractivity (Wildman–Crippen MR) is 72.1 cm³/mol. The average molecular weight is 251 g/mol. The molecule has 2 N–H and O–H groups in total. The standard InChI is InChI=1S/C15H22FNO/c1-14(2)7-9-15(11-18,10-8-14)17-13-6-4-3-5-12(13)16/h3-6,17-18H,7-11H2,1-2H3. The van der Waals surface area contributed by atoms with Crippen LogP contribution in [0.5, 0.6) is 0 Å². The molecule has 0 radical (unpaired) electrons. The average Bonchev–Trinajstić information content (AvgIpc) is 2.35. The first-order chi connectivity index (χ1) is 8.46. The van der Waals surface area contributed by atoms with Crippen LogP contribution >= 0.6 is 0 Å². The maximum absolute atomic E-state index is 13.7. The summed E-state index contributed by atoms with van der Waals surface area (Å²) in [6.45, 7) is 4.55. The number of hydrogen-bond donors (Lipinski definition) is 2. The summed E-state index contributed by atoms with van der Waals surface area (Å²) in [5.41, 5.74) is 0.457. The van der Waals surface area contributed by atoms with Crippen molar-refractivity contribution in [3.63, 3.8) is 0 Å². The fourth-order valence-electron chi connectivity index (χ4n) is 2.58. The number of hydrogen-bond acceptors (Lipinski definition) is 2. The van der Waals surface area contributed by atoms with Gasteiger partial charge in [-0.1, -0.05) is 26.0 Å². The summed E-state index contributed by atoms with van der Waals surface area (Å²) in [5.74, 6) is -0.254. The van der Waals surface area contributed by atoms with Crippen LogP contribution < -0.4 is 5.32 Å². The molecule has 1 aliphatic carbocycles. The fraction of sp³-hybridized carbons (Fsp3) is 0.600. The third-order valence-electron chi connectivity index (χ3n) is 4.14. The molecule has 0 atom stereocenters. The number of para-hydroxylation sites is 1. The van der Waals surface area contributed by atoms with E-state index in [0.717, 1.165) is 25.7 Å². The molecule has 1 fully saturated rings. The van der Waals surface area contributed by atoms with Crippen molar-refractivity contribution >= 4 is 5.69 Å². The Morgan fingerprint density at radius 1 is 1.17 bits per heavy atom. The minimum atomic E-state index is -0.363. The van der Waals surface area contributed by atoms with Gasteiger partial charge in [-0.05, 0) is 43.2 Å². The SMILES string of the molecule is CC1(C)CCC(CO)(Nc2ccccc2F)CC1. The second-order valence-electron chi connectivity index (χ2n) is 6.21. The first-order valence-electron chi connectivity index (χ1n) is 6.60. The molecule has 1 saturated carbocycles. The van der Waals surface area contributed by atoms with E-state index in [1.165, 1.54) is 6.07 Å². The molecular formula is C15H22FNO. The molecule has 2 nitrogen and oxygen atoms in total. The van der Waals surface area contributed by atoms with E-state index in [0.29, 0.717) is 11.1 Å². The summed E-state index contributed by atoms with van der Waals surface area (Å²) in [6.07, 6.45) is 3.86. The highest BCUT2D eigenvalue weighted by Gasteiger charge is 2.38. The number of anilines is 1. The Morgan fingerprint density at radius 3 is 2.33 bits per heavy atom. The Balaban J connectivity index is 2.13. The van der Waals surface area contributed by atoms with Gasteiger partial charge in [0, 0.05) is 0 Å². The number of benzene rings is 1. The van der Waals surface area contributed by atoms with E-state index in [1.54, 1.807) is 12.1 Å². The number of aliphatic hydroxyl groups is 1. The monoisotopic (exact) mass is 251 g/mol. The van der Waals surface area contributed by atoms with Gasteiger partial charge in [-0.2, -0.15) is 0 Å². The highest BCUT2D eigenvalue weighted by atomic mass is 19.1. The van der Waals surface area contributed by atoms with Crippen LogP contribution in [-0.2, 0) is 0 Å². The van der Waals surface area contributed by atoms with Gasteiger partial charge in [0.15, 0.2) is 0 Å². The van der Waals surface area contributed by atoms with E-state index in [9.17, 15) is 9.50 Å². The van der Waals surface area contributed by atoms with Gasteiger partial charge in [-0.25, -0.2) is 4.39 Å². The first-order valence-corrected chi connectivity index (χ1v) is 6.60. The molecule has 18 heavy (non-hydrogen) atoms. The lowest BCUT2D eigenvalue weighted by molar-refractivity contribution is 0.118. The Morgan fingerprint density at radius 2 is 1.78 bits per heavy atom. The molecule has 0 unspecified atom stereocenters. The molecule has 0 aromatic heterocycles. The minimum absolute atomic E-state index is 0.0530. The molecule has 1 aromatic carbocycles. The molecule has 2 rings (SSSR count). The van der Waals surface area contributed by atoms with Crippen LogP contribution in [0.2, 0.25) is 0 Å². The van der Waals surface area contributed by atoms with Crippen molar-refractivity contribution < 1.29 is 9.50 Å². The highest BCUT2D eigenvalue weighted by Crippen LogP contribution is 2.41. The molecule has 1 aromatic rings. The van der Waals surface area contributed by atoms with Crippen LogP contribution in [0, 0.1) is 11.2 Å². The number of rotatable bonds is 3. The molecule has 1 aliphatic rings. The summed E-state index contributed by atoms with van der Waals surface area (Å²) in [7, 11) is 0. The summed E-state index contributed by atoms with van der Waals surface area (Å²) >= 11 is 0. The maximum atomic E-state index is 13.7. The highest BCUT2D eigenvalue weighted by molar-refractivity contribution is 5.47. The smallest absolute Gasteiger partial charge is 0.146 e. The van der Waals surface area contributed by atoms with Gasteiger partial charge < -0.3 is 10.4 Å². The predicted octanol–water partition coefficient (Wildman–Crippen LogP) is 3.57. The number of nitrogens with one attached hydrogen (secondary N) is 1. The summed E-state index contributed by atoms with van der Waals surface area (Å²) in [5, 5.41) is 12.9. The fourth-order valence-corrected chi connectivity index (χ4v) is 2.58. The molecule has 0 amide bonds. The Hall–Kier alpha value is -1.09. The van der Waals surface area contributed by atoms with Crippen LogP contribution in [0.1, 0.15) is 39.5 Å². The van der Waals surface area contributed by atoms with Crippen molar-refractivity contribution in [2.45, 2.75) is 45.1 Å². The van der Waals surface area contributed by atoms with Crippen molar-refractivity contribution in [1.29, 1.82) is 0 Å². The van der Waals surface area contributed by atoms with Crippen molar-refractivity contribution in [2.24, 2.45) is 5.41 Å². The molecule has 100 valence electrons. The largest absolute Gasteiger partial charge is 0.394 e. The third-order valence-corrected chi connectivity index (χ3v) is 4.14. The van der Waals surface area contributed by atoms with Gasteiger partial charge in [0.1, 0.15) is 5.82 Å². The lowest BCUT2D eigenvalue weighted by Gasteiger charge is -2.43. The second-order valence-corrected chi connectivity index (χ2v) is 6.21. The van der Waals surface area contributed by atoms with Gasteiger partial charge >= 0.3 is 0 Å². The first kappa shape index (κ1) is 13.3. The van der Waals surface area contributed by atoms with E-state index in [1.807, 2.05) is 6.07 Å². The van der Waals surface area contributed by atoms with E-state index >= 15 is 0 Å². The van der Waals surface area contributed by atoms with E-state index < -0.39 is 0 Å². The van der Waals surface area contributed by atoms with Crippen molar-refractivity contribution in [3.8, 4) is 0 Å². The minimum Gasteiger partial charge on any atom is -0.394 e. The Bertz CT molecular complexity index is 407. The van der Waals surface area contributed by atoms with Crippen LogP contribution in [-0.4, -0.2) is 17.3 Å². The van der Waals surface area contributed by atoms with Crippen LogP contribution in [0.25, 0.3) is 0 Å². The lowest BCUT2D eigenvalue weighted by atomic mass is 9.69. The number of halogens is 1. The van der Waals surface area contributed by atoms with Crippen molar-refractivity contribution in [3.05, 3.63) is 30.1 Å². The third kappa shape index (κ3) is 2.83. The van der Waals surface area contributed by atoms with Crippen molar-refractivity contribution in [2.75, 3.05) is 11.9 Å². The molecule has 0 spiro atoms. The molecular weight excluding hydrogens is 229 g/mol. The molecule has 0 saturated heterocycles. The van der Waals surface area contributed by atoms with Crippen LogP contribution in [0.4, 0.5) is 10.1 Å². The summed E-state index contributed by atoms with van der Waals surface area (Å²) < 4.78 is 13.7. The van der Waals surface area contributed by atoms with Gasteiger partial charge in [0.05, 0.1) is 17.8 Å².